The van der Waals surface area contributed by atoms with Crippen LogP contribution in [0.1, 0.15) is 30.2 Å². The average Bonchev–Trinajstić information content (AvgIpc) is 3.42. The number of carbonyl (C=O) groups is 1. The number of hydrogen-bond acceptors (Lipinski definition) is 5. The van der Waals surface area contributed by atoms with Crippen LogP contribution in [-0.4, -0.2) is 24.3 Å². The molecule has 7 heteroatoms. The molecule has 0 aliphatic carbocycles. The first-order valence-corrected chi connectivity index (χ1v) is 11.0. The minimum atomic E-state index is -1.25. The minimum Gasteiger partial charge on any atom is -0.494 e. The van der Waals surface area contributed by atoms with Gasteiger partial charge in [0.2, 0.25) is 0 Å². The van der Waals surface area contributed by atoms with Crippen molar-refractivity contribution in [2.45, 2.75) is 25.4 Å². The molecule has 148 valence electrons. The second-order valence-electron chi connectivity index (χ2n) is 6.38. The number of anilines is 1. The fourth-order valence-corrected chi connectivity index (χ4v) is 4.27. The summed E-state index contributed by atoms with van der Waals surface area (Å²) < 4.78 is 5.62. The lowest BCUT2D eigenvalue weighted by Gasteiger charge is -2.27. The van der Waals surface area contributed by atoms with Crippen LogP contribution in [0.4, 0.5) is 10.5 Å². The average molecular weight is 417 g/mol. The highest BCUT2D eigenvalue weighted by Gasteiger charge is 2.33. The summed E-state index contributed by atoms with van der Waals surface area (Å²) in [6.07, 6.45) is 2.10. The van der Waals surface area contributed by atoms with Crippen molar-refractivity contribution in [1.29, 1.82) is 0 Å². The lowest BCUT2D eigenvalue weighted by molar-refractivity contribution is 0.0871. The fraction of sp³-hybridized carbons (Fsp3) is 0.286. The van der Waals surface area contributed by atoms with E-state index in [1.807, 2.05) is 46.5 Å². The van der Waals surface area contributed by atoms with Crippen molar-refractivity contribution >= 4 is 34.4 Å². The van der Waals surface area contributed by atoms with E-state index in [2.05, 4.69) is 17.6 Å². The first kappa shape index (κ1) is 20.4. The number of carbonyl (C=O) groups excluding carboxylic acids is 1. The van der Waals surface area contributed by atoms with Gasteiger partial charge in [0.1, 0.15) is 11.4 Å². The van der Waals surface area contributed by atoms with Gasteiger partial charge in [-0.2, -0.15) is 11.3 Å². The van der Waals surface area contributed by atoms with Gasteiger partial charge in [-0.3, -0.25) is 0 Å². The molecule has 0 aliphatic rings. The molecular weight excluding hydrogens is 392 g/mol. The zero-order chi connectivity index (χ0) is 19.8. The van der Waals surface area contributed by atoms with Crippen LogP contribution in [0, 0.1) is 0 Å². The first-order valence-electron chi connectivity index (χ1n) is 9.18. The number of amides is 2. The standard InChI is InChI=1S/C21H24N2O3S2/c1-2-3-11-26-18-8-6-17(7-9-18)23-20(24)22-15-21(25,16-10-13-27-14-16)19-5-4-12-28-19/h4-10,12-14,25H,2-3,11,15H2,1H3,(H2,22,23,24). The van der Waals surface area contributed by atoms with E-state index in [-0.39, 0.29) is 12.6 Å². The summed E-state index contributed by atoms with van der Waals surface area (Å²) in [5.74, 6) is 0.781. The molecule has 5 nitrogen and oxygen atoms in total. The van der Waals surface area contributed by atoms with Gasteiger partial charge in [-0.1, -0.05) is 19.4 Å². The monoisotopic (exact) mass is 416 g/mol. The molecule has 0 aliphatic heterocycles. The minimum absolute atomic E-state index is 0.0777. The van der Waals surface area contributed by atoms with Crippen molar-refractivity contribution in [3.63, 3.8) is 0 Å². The van der Waals surface area contributed by atoms with E-state index in [1.165, 1.54) is 22.7 Å². The molecule has 0 saturated heterocycles. The highest BCUT2D eigenvalue weighted by atomic mass is 32.1. The highest BCUT2D eigenvalue weighted by molar-refractivity contribution is 7.10. The van der Waals surface area contributed by atoms with Gasteiger partial charge in [0.05, 0.1) is 13.2 Å². The summed E-state index contributed by atoms with van der Waals surface area (Å²) >= 11 is 2.98. The van der Waals surface area contributed by atoms with E-state index in [0.717, 1.165) is 29.0 Å². The Bertz CT molecular complexity index is 812. The van der Waals surface area contributed by atoms with Gasteiger partial charge in [-0.05, 0) is 59.0 Å². The molecule has 0 radical (unpaired) electrons. The van der Waals surface area contributed by atoms with Gasteiger partial charge in [-0.25, -0.2) is 4.79 Å². The number of unbranched alkanes of at least 4 members (excludes halogenated alkanes) is 1. The van der Waals surface area contributed by atoms with Crippen LogP contribution in [0.3, 0.4) is 0 Å². The van der Waals surface area contributed by atoms with Crippen molar-refractivity contribution < 1.29 is 14.6 Å². The number of rotatable bonds is 9. The van der Waals surface area contributed by atoms with Crippen molar-refractivity contribution in [2.75, 3.05) is 18.5 Å². The molecule has 3 rings (SSSR count). The van der Waals surface area contributed by atoms with Crippen LogP contribution >= 0.6 is 22.7 Å². The number of urea groups is 1. The van der Waals surface area contributed by atoms with Gasteiger partial charge in [-0.15, -0.1) is 11.3 Å². The number of ether oxygens (including phenoxy) is 1. The Kier molecular flexibility index (Phi) is 7.08. The number of nitrogens with one attached hydrogen (secondary N) is 2. The molecule has 0 saturated carbocycles. The SMILES string of the molecule is CCCCOc1ccc(NC(=O)NCC(O)(c2ccsc2)c2cccs2)cc1. The Morgan fingerprint density at radius 1 is 1.18 bits per heavy atom. The van der Waals surface area contributed by atoms with Crippen molar-refractivity contribution in [3.8, 4) is 5.75 Å². The molecule has 28 heavy (non-hydrogen) atoms. The molecule has 3 aromatic rings. The quantitative estimate of drug-likeness (QED) is 0.428. The Balaban J connectivity index is 1.58. The molecule has 1 atom stereocenters. The third-order valence-electron chi connectivity index (χ3n) is 4.31. The summed E-state index contributed by atoms with van der Waals surface area (Å²) in [4.78, 5) is 13.1. The smallest absolute Gasteiger partial charge is 0.319 e. The van der Waals surface area contributed by atoms with Crippen molar-refractivity contribution in [3.05, 3.63) is 69.0 Å². The van der Waals surface area contributed by atoms with Crippen LogP contribution in [0.25, 0.3) is 0 Å². The van der Waals surface area contributed by atoms with Gasteiger partial charge >= 0.3 is 6.03 Å². The van der Waals surface area contributed by atoms with Gasteiger partial charge < -0.3 is 20.5 Å². The Hall–Kier alpha value is -2.35. The van der Waals surface area contributed by atoms with E-state index in [1.54, 1.807) is 12.1 Å². The van der Waals surface area contributed by atoms with Crippen LogP contribution in [-0.2, 0) is 5.60 Å². The zero-order valence-corrected chi connectivity index (χ0v) is 17.3. The van der Waals surface area contributed by atoms with Crippen molar-refractivity contribution in [2.24, 2.45) is 0 Å². The molecule has 1 aromatic carbocycles. The zero-order valence-electron chi connectivity index (χ0n) is 15.7. The van der Waals surface area contributed by atoms with Gasteiger partial charge in [0, 0.05) is 16.1 Å². The third-order valence-corrected chi connectivity index (χ3v) is 6.02. The van der Waals surface area contributed by atoms with E-state index < -0.39 is 5.60 Å². The summed E-state index contributed by atoms with van der Waals surface area (Å²) in [6, 6.07) is 12.5. The Labute approximate surface area is 173 Å². The van der Waals surface area contributed by atoms with Gasteiger partial charge in [0.25, 0.3) is 0 Å². The molecule has 2 amide bonds. The maximum atomic E-state index is 12.3. The van der Waals surface area contributed by atoms with Crippen molar-refractivity contribution in [1.82, 2.24) is 5.32 Å². The maximum Gasteiger partial charge on any atom is 0.319 e. The number of aliphatic hydroxyl groups is 1. The van der Waals surface area contributed by atoms with Gasteiger partial charge in [0.15, 0.2) is 0 Å². The lowest BCUT2D eigenvalue weighted by atomic mass is 9.94. The Morgan fingerprint density at radius 3 is 2.64 bits per heavy atom. The number of thiophene rings is 2. The van der Waals surface area contributed by atoms with Crippen LogP contribution in [0.15, 0.2) is 58.6 Å². The molecule has 2 heterocycles. The van der Waals surface area contributed by atoms with E-state index in [4.69, 9.17) is 4.74 Å². The topological polar surface area (TPSA) is 70.6 Å². The second kappa shape index (κ2) is 9.73. The molecule has 0 bridgehead atoms. The molecule has 3 N–H and O–H groups in total. The number of benzene rings is 1. The summed E-state index contributed by atoms with van der Waals surface area (Å²) in [5.41, 5.74) is 0.187. The predicted molar refractivity (Wildman–Crippen MR) is 116 cm³/mol. The van der Waals surface area contributed by atoms with E-state index >= 15 is 0 Å². The third kappa shape index (κ3) is 5.13. The first-order chi connectivity index (χ1) is 13.6. The van der Waals surface area contributed by atoms with Crippen LogP contribution in [0.2, 0.25) is 0 Å². The summed E-state index contributed by atoms with van der Waals surface area (Å²) in [6.45, 7) is 2.88. The predicted octanol–water partition coefficient (Wildman–Crippen LogP) is 5.05. The van der Waals surface area contributed by atoms with E-state index in [0.29, 0.717) is 12.3 Å². The molecule has 2 aromatic heterocycles. The van der Waals surface area contributed by atoms with Crippen LogP contribution < -0.4 is 15.4 Å². The summed E-state index contributed by atoms with van der Waals surface area (Å²) in [7, 11) is 0. The molecule has 1 unspecified atom stereocenters. The normalized spacial score (nSPS) is 12.9. The van der Waals surface area contributed by atoms with E-state index in [9.17, 15) is 9.90 Å². The molecule has 0 spiro atoms. The highest BCUT2D eigenvalue weighted by Crippen LogP contribution is 2.33. The fourth-order valence-electron chi connectivity index (χ4n) is 2.70. The lowest BCUT2D eigenvalue weighted by Crippen LogP contribution is -2.42. The summed E-state index contributed by atoms with van der Waals surface area (Å²) in [5, 5.41) is 22.5. The maximum absolute atomic E-state index is 12.3. The molecular formula is C21H24N2O3S2. The molecule has 0 fully saturated rings. The second-order valence-corrected chi connectivity index (χ2v) is 8.11. The largest absolute Gasteiger partial charge is 0.494 e. The Morgan fingerprint density at radius 2 is 2.00 bits per heavy atom. The number of hydrogen-bond donors (Lipinski definition) is 3. The van der Waals surface area contributed by atoms with Crippen LogP contribution in [0.5, 0.6) is 5.75 Å².